The molecular weight excluding hydrogens is 206 g/mol. The molecule has 1 N–H and O–H groups in total. The molecule has 0 spiro atoms. The van der Waals surface area contributed by atoms with Crippen molar-refractivity contribution < 1.29 is 14.7 Å². The number of carboxylic acids is 1. The summed E-state index contributed by atoms with van der Waals surface area (Å²) in [7, 11) is 0. The van der Waals surface area contributed by atoms with E-state index in [1.165, 1.54) is 11.8 Å². The van der Waals surface area contributed by atoms with Crippen molar-refractivity contribution in [2.24, 2.45) is 0 Å². The molecule has 0 fully saturated rings. The van der Waals surface area contributed by atoms with E-state index in [-0.39, 0.29) is 18.9 Å². The van der Waals surface area contributed by atoms with E-state index < -0.39 is 5.97 Å². The fourth-order valence-corrected chi connectivity index (χ4v) is 1.52. The summed E-state index contributed by atoms with van der Waals surface area (Å²) in [4.78, 5) is 23.4. The summed E-state index contributed by atoms with van der Waals surface area (Å²) in [5.41, 5.74) is 1.74. The number of carboxylic acid groups (broad SMARTS) is 1. The van der Waals surface area contributed by atoms with Crippen LogP contribution in [-0.4, -0.2) is 23.5 Å². The Labute approximate surface area is 94.5 Å². The lowest BCUT2D eigenvalue weighted by Crippen LogP contribution is -2.31. The molecule has 0 aliphatic carbocycles. The molecule has 0 aromatic heterocycles. The molecule has 1 amide bonds. The van der Waals surface area contributed by atoms with Crippen molar-refractivity contribution in [3.05, 3.63) is 29.8 Å². The monoisotopic (exact) mass is 221 g/mol. The van der Waals surface area contributed by atoms with Gasteiger partial charge in [0, 0.05) is 19.2 Å². The standard InChI is InChI=1S/C12H15NO3/c1-9-5-3-4-6-11(9)13(10(2)14)8-7-12(15)16/h3-6H,7-8H2,1-2H3,(H,15,16). The first-order valence-corrected chi connectivity index (χ1v) is 5.08. The minimum atomic E-state index is -0.903. The Morgan fingerprint density at radius 2 is 1.94 bits per heavy atom. The summed E-state index contributed by atoms with van der Waals surface area (Å²) in [6.45, 7) is 3.54. The summed E-state index contributed by atoms with van der Waals surface area (Å²) in [5.74, 6) is -1.05. The van der Waals surface area contributed by atoms with Gasteiger partial charge < -0.3 is 10.0 Å². The van der Waals surface area contributed by atoms with Crippen molar-refractivity contribution in [2.45, 2.75) is 20.3 Å². The minimum Gasteiger partial charge on any atom is -0.481 e. The Balaban J connectivity index is 2.90. The average Bonchev–Trinajstić information content (AvgIpc) is 2.20. The van der Waals surface area contributed by atoms with Gasteiger partial charge in [0.1, 0.15) is 0 Å². The summed E-state index contributed by atoms with van der Waals surface area (Å²) >= 11 is 0. The molecule has 4 nitrogen and oxygen atoms in total. The van der Waals surface area contributed by atoms with Gasteiger partial charge in [-0.3, -0.25) is 9.59 Å². The third-order valence-corrected chi connectivity index (χ3v) is 2.34. The third-order valence-electron chi connectivity index (χ3n) is 2.34. The number of rotatable bonds is 4. The van der Waals surface area contributed by atoms with Gasteiger partial charge in [0.2, 0.25) is 5.91 Å². The number of carbonyl (C=O) groups is 2. The van der Waals surface area contributed by atoms with Crippen molar-refractivity contribution in [1.29, 1.82) is 0 Å². The fraction of sp³-hybridized carbons (Fsp3) is 0.333. The van der Waals surface area contributed by atoms with Crippen LogP contribution < -0.4 is 4.90 Å². The highest BCUT2D eigenvalue weighted by molar-refractivity contribution is 5.92. The SMILES string of the molecule is CC(=O)N(CCC(=O)O)c1ccccc1C. The Hall–Kier alpha value is -1.84. The second-order valence-corrected chi connectivity index (χ2v) is 3.60. The Kier molecular flexibility index (Phi) is 4.05. The van der Waals surface area contributed by atoms with E-state index in [1.807, 2.05) is 31.2 Å². The zero-order valence-electron chi connectivity index (χ0n) is 9.43. The van der Waals surface area contributed by atoms with E-state index in [0.29, 0.717) is 0 Å². The van der Waals surface area contributed by atoms with Crippen LogP contribution in [-0.2, 0) is 9.59 Å². The number of aliphatic carboxylic acids is 1. The van der Waals surface area contributed by atoms with E-state index in [1.54, 1.807) is 0 Å². The number of para-hydroxylation sites is 1. The predicted octanol–water partition coefficient (Wildman–Crippen LogP) is 1.82. The van der Waals surface area contributed by atoms with Crippen LogP contribution in [0.15, 0.2) is 24.3 Å². The molecule has 1 aromatic rings. The van der Waals surface area contributed by atoms with E-state index in [2.05, 4.69) is 0 Å². The Morgan fingerprint density at radius 3 is 2.44 bits per heavy atom. The van der Waals surface area contributed by atoms with Gasteiger partial charge in [0.25, 0.3) is 0 Å². The van der Waals surface area contributed by atoms with Gasteiger partial charge in [0.05, 0.1) is 6.42 Å². The van der Waals surface area contributed by atoms with Gasteiger partial charge in [-0.05, 0) is 18.6 Å². The summed E-state index contributed by atoms with van der Waals surface area (Å²) in [6, 6.07) is 7.43. The van der Waals surface area contributed by atoms with Crippen molar-refractivity contribution in [1.82, 2.24) is 0 Å². The van der Waals surface area contributed by atoms with Crippen molar-refractivity contribution >= 4 is 17.6 Å². The highest BCUT2D eigenvalue weighted by atomic mass is 16.4. The van der Waals surface area contributed by atoms with Gasteiger partial charge in [-0.15, -0.1) is 0 Å². The maximum Gasteiger partial charge on any atom is 0.305 e. The highest BCUT2D eigenvalue weighted by Crippen LogP contribution is 2.19. The summed E-state index contributed by atoms with van der Waals surface area (Å²) < 4.78 is 0. The van der Waals surface area contributed by atoms with Crippen LogP contribution in [0.25, 0.3) is 0 Å². The number of nitrogens with zero attached hydrogens (tertiary/aromatic N) is 1. The molecule has 1 rings (SSSR count). The van der Waals surface area contributed by atoms with Crippen LogP contribution in [0.1, 0.15) is 18.9 Å². The zero-order chi connectivity index (χ0) is 12.1. The van der Waals surface area contributed by atoms with Crippen LogP contribution >= 0.6 is 0 Å². The molecular formula is C12H15NO3. The van der Waals surface area contributed by atoms with E-state index >= 15 is 0 Å². The molecule has 0 saturated heterocycles. The first-order chi connectivity index (χ1) is 7.52. The van der Waals surface area contributed by atoms with Crippen LogP contribution in [0.2, 0.25) is 0 Å². The number of benzene rings is 1. The predicted molar refractivity (Wildman–Crippen MR) is 61.5 cm³/mol. The first kappa shape index (κ1) is 12.2. The first-order valence-electron chi connectivity index (χ1n) is 5.08. The molecule has 0 bridgehead atoms. The second-order valence-electron chi connectivity index (χ2n) is 3.60. The second kappa shape index (κ2) is 5.30. The van der Waals surface area contributed by atoms with Gasteiger partial charge in [-0.2, -0.15) is 0 Å². The number of aryl methyl sites for hydroxylation is 1. The number of hydrogen-bond acceptors (Lipinski definition) is 2. The molecule has 0 unspecified atom stereocenters. The Morgan fingerprint density at radius 1 is 1.31 bits per heavy atom. The molecule has 0 aliphatic heterocycles. The molecule has 86 valence electrons. The largest absolute Gasteiger partial charge is 0.481 e. The molecule has 0 saturated carbocycles. The van der Waals surface area contributed by atoms with Crippen LogP contribution in [0.4, 0.5) is 5.69 Å². The molecule has 1 aromatic carbocycles. The lowest BCUT2D eigenvalue weighted by Gasteiger charge is -2.22. The van der Waals surface area contributed by atoms with Gasteiger partial charge >= 0.3 is 5.97 Å². The van der Waals surface area contributed by atoms with Crippen molar-refractivity contribution in [3.63, 3.8) is 0 Å². The molecule has 0 atom stereocenters. The van der Waals surface area contributed by atoms with Crippen molar-refractivity contribution in [3.8, 4) is 0 Å². The fourth-order valence-electron chi connectivity index (χ4n) is 1.52. The number of anilines is 1. The molecule has 16 heavy (non-hydrogen) atoms. The smallest absolute Gasteiger partial charge is 0.305 e. The molecule has 0 heterocycles. The van der Waals surface area contributed by atoms with Crippen molar-refractivity contribution in [2.75, 3.05) is 11.4 Å². The van der Waals surface area contributed by atoms with E-state index in [9.17, 15) is 9.59 Å². The van der Waals surface area contributed by atoms with Crippen LogP contribution in [0.3, 0.4) is 0 Å². The van der Waals surface area contributed by atoms with Crippen LogP contribution in [0.5, 0.6) is 0 Å². The maximum atomic E-state index is 11.4. The van der Waals surface area contributed by atoms with Gasteiger partial charge in [0.15, 0.2) is 0 Å². The highest BCUT2D eigenvalue weighted by Gasteiger charge is 2.14. The lowest BCUT2D eigenvalue weighted by molar-refractivity contribution is -0.136. The van der Waals surface area contributed by atoms with E-state index in [0.717, 1.165) is 11.3 Å². The quantitative estimate of drug-likeness (QED) is 0.843. The topological polar surface area (TPSA) is 57.6 Å². The van der Waals surface area contributed by atoms with E-state index in [4.69, 9.17) is 5.11 Å². The number of amides is 1. The third kappa shape index (κ3) is 3.08. The molecule has 0 aliphatic rings. The number of carbonyl (C=O) groups excluding carboxylic acids is 1. The average molecular weight is 221 g/mol. The molecule has 4 heteroatoms. The summed E-state index contributed by atoms with van der Waals surface area (Å²) in [6.07, 6.45) is -0.0477. The summed E-state index contributed by atoms with van der Waals surface area (Å²) in [5, 5.41) is 8.62. The lowest BCUT2D eigenvalue weighted by atomic mass is 10.1. The van der Waals surface area contributed by atoms with Crippen LogP contribution in [0, 0.1) is 6.92 Å². The normalized spacial score (nSPS) is 9.88. The number of hydrogen-bond donors (Lipinski definition) is 1. The van der Waals surface area contributed by atoms with Gasteiger partial charge in [-0.25, -0.2) is 0 Å². The maximum absolute atomic E-state index is 11.4. The zero-order valence-corrected chi connectivity index (χ0v) is 9.43. The molecule has 0 radical (unpaired) electrons. The Bertz CT molecular complexity index is 401. The minimum absolute atomic E-state index is 0.0477. The van der Waals surface area contributed by atoms with Gasteiger partial charge in [-0.1, -0.05) is 18.2 Å².